The van der Waals surface area contributed by atoms with Crippen molar-refractivity contribution in [2.75, 3.05) is 47.5 Å². The van der Waals surface area contributed by atoms with Gasteiger partial charge >= 0.3 is 11.9 Å². The lowest BCUT2D eigenvalue weighted by Crippen LogP contribution is -2.37. The summed E-state index contributed by atoms with van der Waals surface area (Å²) >= 11 is 0. The van der Waals surface area contributed by atoms with Crippen LogP contribution in [0.4, 0.5) is 0 Å². The van der Waals surface area contributed by atoms with Gasteiger partial charge in [0, 0.05) is 12.8 Å². The van der Waals surface area contributed by atoms with Gasteiger partial charge in [-0.25, -0.2) is 0 Å². The Balaban J connectivity index is 4.28. The number of rotatable bonds is 41. The normalized spacial score (nSPS) is 13.5. The molecule has 2 atom stereocenters. The van der Waals surface area contributed by atoms with E-state index >= 15 is 0 Å². The van der Waals surface area contributed by atoms with Crippen molar-refractivity contribution in [3.63, 3.8) is 0 Å². The van der Waals surface area contributed by atoms with Crippen LogP contribution in [-0.4, -0.2) is 70.0 Å². The summed E-state index contributed by atoms with van der Waals surface area (Å²) in [6.07, 6.45) is 35.5. The molecule has 0 fully saturated rings. The highest BCUT2D eigenvalue weighted by Crippen LogP contribution is 2.38. The van der Waals surface area contributed by atoms with Crippen molar-refractivity contribution in [2.45, 2.75) is 219 Å². The molecule has 0 aromatic rings. The van der Waals surface area contributed by atoms with Crippen molar-refractivity contribution in [2.24, 2.45) is 0 Å². The first kappa shape index (κ1) is 52.0. The number of carbonyl (C=O) groups is 2. The smallest absolute Gasteiger partial charge is 0.306 e. The van der Waals surface area contributed by atoms with Crippen molar-refractivity contribution in [1.82, 2.24) is 0 Å². The standard InChI is InChI=1S/C43H86NO8P/c1-6-8-10-12-14-16-18-20-21-22-23-24-26-27-29-31-33-35-42(45)49-39-41(40-51-53(47,48)50-38-37-44(3,4)5)52-43(46)36-34-32-30-28-25-19-17-15-13-11-9-7-2/h41H,6-40H2,1-5H3/t41-/m1/s1. The van der Waals surface area contributed by atoms with E-state index in [1.807, 2.05) is 21.1 Å². The van der Waals surface area contributed by atoms with Crippen LogP contribution in [0.25, 0.3) is 0 Å². The molecule has 0 spiro atoms. The highest BCUT2D eigenvalue weighted by molar-refractivity contribution is 7.45. The first-order chi connectivity index (χ1) is 25.5. The molecule has 0 saturated heterocycles. The van der Waals surface area contributed by atoms with E-state index in [2.05, 4.69) is 13.8 Å². The minimum atomic E-state index is -4.61. The number of quaternary nitrogens is 1. The summed E-state index contributed by atoms with van der Waals surface area (Å²) in [5, 5.41) is 0. The Morgan fingerprint density at radius 1 is 0.509 bits per heavy atom. The summed E-state index contributed by atoms with van der Waals surface area (Å²) in [7, 11) is 1.18. The Bertz CT molecular complexity index is 881. The molecule has 9 nitrogen and oxygen atoms in total. The first-order valence-electron chi connectivity index (χ1n) is 22.2. The number of unbranched alkanes of at least 4 members (excludes halogenated alkanes) is 27. The summed E-state index contributed by atoms with van der Waals surface area (Å²) in [5.41, 5.74) is 0. The lowest BCUT2D eigenvalue weighted by molar-refractivity contribution is -0.870. The summed E-state index contributed by atoms with van der Waals surface area (Å²) < 4.78 is 33.9. The van der Waals surface area contributed by atoms with E-state index in [1.54, 1.807) is 0 Å². The van der Waals surface area contributed by atoms with E-state index < -0.39 is 26.5 Å². The molecular formula is C43H86NO8P. The van der Waals surface area contributed by atoms with Crippen LogP contribution >= 0.6 is 7.82 Å². The third-order valence-electron chi connectivity index (χ3n) is 9.88. The second kappa shape index (κ2) is 36.6. The lowest BCUT2D eigenvalue weighted by atomic mass is 10.0. The Morgan fingerprint density at radius 3 is 1.21 bits per heavy atom. The van der Waals surface area contributed by atoms with Gasteiger partial charge in [0.2, 0.25) is 0 Å². The molecule has 0 aliphatic heterocycles. The molecular weight excluding hydrogens is 689 g/mol. The predicted molar refractivity (Wildman–Crippen MR) is 218 cm³/mol. The van der Waals surface area contributed by atoms with Gasteiger partial charge in [-0.3, -0.25) is 14.2 Å². The molecule has 0 N–H and O–H groups in total. The van der Waals surface area contributed by atoms with Crippen molar-refractivity contribution in [3.8, 4) is 0 Å². The number of ether oxygens (including phenoxy) is 2. The fraction of sp³-hybridized carbons (Fsp3) is 0.953. The van der Waals surface area contributed by atoms with E-state index in [-0.39, 0.29) is 32.0 Å². The summed E-state index contributed by atoms with van der Waals surface area (Å²) in [4.78, 5) is 37.5. The third-order valence-corrected chi connectivity index (χ3v) is 10.8. The summed E-state index contributed by atoms with van der Waals surface area (Å²) in [5.74, 6) is -0.820. The van der Waals surface area contributed by atoms with Crippen molar-refractivity contribution < 1.29 is 42.1 Å². The van der Waals surface area contributed by atoms with Gasteiger partial charge in [-0.2, -0.15) is 0 Å². The fourth-order valence-corrected chi connectivity index (χ4v) is 7.09. The molecule has 0 rings (SSSR count). The largest absolute Gasteiger partial charge is 0.756 e. The number of phosphoric ester groups is 1. The molecule has 0 amide bonds. The van der Waals surface area contributed by atoms with Gasteiger partial charge in [0.05, 0.1) is 27.7 Å². The van der Waals surface area contributed by atoms with Gasteiger partial charge < -0.3 is 27.9 Å². The van der Waals surface area contributed by atoms with Gasteiger partial charge in [0.25, 0.3) is 7.82 Å². The molecule has 0 aliphatic carbocycles. The second-order valence-electron chi connectivity index (χ2n) is 16.4. The van der Waals surface area contributed by atoms with E-state index in [0.717, 1.165) is 32.1 Å². The summed E-state index contributed by atoms with van der Waals surface area (Å²) in [6, 6.07) is 0. The Hall–Kier alpha value is -0.990. The molecule has 10 heteroatoms. The first-order valence-corrected chi connectivity index (χ1v) is 23.7. The van der Waals surface area contributed by atoms with Crippen LogP contribution in [0, 0.1) is 0 Å². The van der Waals surface area contributed by atoms with Crippen LogP contribution in [0.15, 0.2) is 0 Å². The maximum atomic E-state index is 12.6. The van der Waals surface area contributed by atoms with Crippen LogP contribution in [0.2, 0.25) is 0 Å². The molecule has 0 saturated carbocycles. The van der Waals surface area contributed by atoms with E-state index in [1.165, 1.54) is 148 Å². The molecule has 53 heavy (non-hydrogen) atoms. The van der Waals surface area contributed by atoms with Crippen LogP contribution in [-0.2, 0) is 32.7 Å². The molecule has 0 heterocycles. The Kier molecular flexibility index (Phi) is 36.0. The SMILES string of the molecule is CCCCCCCCCCCCCCCCCCCC(=O)OC[C@H](COP(=O)([O-])OCC[N+](C)(C)C)OC(=O)CCCCCCCCCCCCCC. The zero-order chi connectivity index (χ0) is 39.3. The molecule has 0 bridgehead atoms. The minimum Gasteiger partial charge on any atom is -0.756 e. The van der Waals surface area contributed by atoms with E-state index in [4.69, 9.17) is 18.5 Å². The highest BCUT2D eigenvalue weighted by Gasteiger charge is 2.21. The average molecular weight is 776 g/mol. The van der Waals surface area contributed by atoms with Gasteiger partial charge in [-0.1, -0.05) is 187 Å². The quantitative estimate of drug-likeness (QED) is 0.0261. The molecule has 316 valence electrons. The van der Waals surface area contributed by atoms with Crippen LogP contribution in [0.5, 0.6) is 0 Å². The van der Waals surface area contributed by atoms with E-state index in [0.29, 0.717) is 17.4 Å². The number of esters is 2. The molecule has 0 aliphatic rings. The predicted octanol–water partition coefficient (Wildman–Crippen LogP) is 11.8. The fourth-order valence-electron chi connectivity index (χ4n) is 6.36. The maximum absolute atomic E-state index is 12.6. The zero-order valence-electron chi connectivity index (χ0n) is 35.5. The molecule has 0 aromatic heterocycles. The summed E-state index contributed by atoms with van der Waals surface area (Å²) in [6.45, 7) is 4.26. The number of phosphoric acid groups is 1. The van der Waals surface area contributed by atoms with Crippen LogP contribution < -0.4 is 4.89 Å². The number of carbonyl (C=O) groups excluding carboxylic acids is 2. The zero-order valence-corrected chi connectivity index (χ0v) is 36.4. The van der Waals surface area contributed by atoms with Crippen molar-refractivity contribution in [3.05, 3.63) is 0 Å². The van der Waals surface area contributed by atoms with Crippen LogP contribution in [0.1, 0.15) is 213 Å². The Labute approximate surface area is 327 Å². The molecule has 0 aromatic carbocycles. The lowest BCUT2D eigenvalue weighted by Gasteiger charge is -2.28. The van der Waals surface area contributed by atoms with Gasteiger partial charge in [-0.05, 0) is 12.8 Å². The van der Waals surface area contributed by atoms with Crippen LogP contribution in [0.3, 0.4) is 0 Å². The van der Waals surface area contributed by atoms with Gasteiger partial charge in [-0.15, -0.1) is 0 Å². The average Bonchev–Trinajstić information content (AvgIpc) is 3.10. The maximum Gasteiger partial charge on any atom is 0.306 e. The number of hydrogen-bond donors (Lipinski definition) is 0. The third kappa shape index (κ3) is 40.5. The molecule has 0 radical (unpaired) electrons. The molecule has 1 unspecified atom stereocenters. The number of likely N-dealkylation sites (N-methyl/N-ethyl adjacent to an activating group) is 1. The topological polar surface area (TPSA) is 111 Å². The van der Waals surface area contributed by atoms with Gasteiger partial charge in [0.1, 0.15) is 19.8 Å². The Morgan fingerprint density at radius 2 is 0.849 bits per heavy atom. The van der Waals surface area contributed by atoms with Gasteiger partial charge in [0.15, 0.2) is 6.10 Å². The number of nitrogens with zero attached hydrogens (tertiary/aromatic N) is 1. The minimum absolute atomic E-state index is 0.0258. The van der Waals surface area contributed by atoms with E-state index in [9.17, 15) is 19.0 Å². The van der Waals surface area contributed by atoms with Crippen molar-refractivity contribution in [1.29, 1.82) is 0 Å². The second-order valence-corrected chi connectivity index (χ2v) is 17.8. The monoisotopic (exact) mass is 776 g/mol. The highest BCUT2D eigenvalue weighted by atomic mass is 31.2. The van der Waals surface area contributed by atoms with Crippen molar-refractivity contribution >= 4 is 19.8 Å². The number of hydrogen-bond acceptors (Lipinski definition) is 8.